The standard InChI is InChI=1S/C31H38N2O3S.Li.H/c1-22-11-9-10-14-25(22)27-19-24(21-33(4)31(2,3)20-23-12-7-6-8-13-23)15-16-26(27)29(34)32-28(30(35)36)17-18-37-5;;/h6-16,19,28H,17-18,20-21H2,1-5H3,(H,32,34)(H,35,36);;. The molecular formula is C31H39LiN2O3S. The molecule has 3 aromatic carbocycles. The molecule has 0 aromatic heterocycles. The van der Waals surface area contributed by atoms with Crippen LogP contribution in [0.3, 0.4) is 0 Å². The summed E-state index contributed by atoms with van der Waals surface area (Å²) in [7, 11) is 2.13. The van der Waals surface area contributed by atoms with Crippen LogP contribution in [-0.4, -0.2) is 71.4 Å². The third-order valence-electron chi connectivity index (χ3n) is 6.91. The van der Waals surface area contributed by atoms with Crippen LogP contribution >= 0.6 is 11.8 Å². The predicted molar refractivity (Wildman–Crippen MR) is 161 cm³/mol. The van der Waals surface area contributed by atoms with E-state index in [1.165, 1.54) is 5.56 Å². The van der Waals surface area contributed by atoms with E-state index in [-0.39, 0.29) is 30.3 Å². The zero-order valence-corrected chi connectivity index (χ0v) is 23.3. The van der Waals surface area contributed by atoms with Crippen molar-refractivity contribution >= 4 is 42.5 Å². The molecule has 2 N–H and O–H groups in total. The number of benzene rings is 3. The van der Waals surface area contributed by atoms with Gasteiger partial charge in [-0.1, -0.05) is 60.7 Å². The minimum absolute atomic E-state index is 0. The number of likely N-dealkylation sites (N-methyl/N-ethyl adjacent to an activating group) is 1. The molecule has 38 heavy (non-hydrogen) atoms. The van der Waals surface area contributed by atoms with E-state index in [1.54, 1.807) is 11.8 Å². The number of carbonyl (C=O) groups excluding carboxylic acids is 1. The van der Waals surface area contributed by atoms with Gasteiger partial charge in [0.05, 0.1) is 0 Å². The van der Waals surface area contributed by atoms with Gasteiger partial charge in [-0.25, -0.2) is 4.79 Å². The SMILES string of the molecule is CSCCC(NC(=O)c1ccc(CN(C)C(C)(C)Cc2ccccc2)cc1-c1ccccc1C)C(=O)O.[LiH]. The van der Waals surface area contributed by atoms with Crippen molar-refractivity contribution in [3.8, 4) is 11.1 Å². The summed E-state index contributed by atoms with van der Waals surface area (Å²) in [6.07, 6.45) is 3.22. The van der Waals surface area contributed by atoms with Gasteiger partial charge < -0.3 is 10.4 Å². The van der Waals surface area contributed by atoms with Crippen molar-refractivity contribution in [2.24, 2.45) is 0 Å². The van der Waals surface area contributed by atoms with Crippen LogP contribution < -0.4 is 5.32 Å². The summed E-state index contributed by atoms with van der Waals surface area (Å²) >= 11 is 1.56. The number of carbonyl (C=O) groups is 2. The van der Waals surface area contributed by atoms with Crippen molar-refractivity contribution in [1.82, 2.24) is 10.2 Å². The summed E-state index contributed by atoms with van der Waals surface area (Å²) in [4.78, 5) is 27.4. The van der Waals surface area contributed by atoms with Crippen LogP contribution in [0.15, 0.2) is 72.8 Å². The summed E-state index contributed by atoms with van der Waals surface area (Å²) < 4.78 is 0. The summed E-state index contributed by atoms with van der Waals surface area (Å²) in [5.74, 6) is -0.721. The van der Waals surface area contributed by atoms with Gasteiger partial charge >= 0.3 is 24.8 Å². The van der Waals surface area contributed by atoms with Crippen molar-refractivity contribution in [2.45, 2.75) is 51.7 Å². The predicted octanol–water partition coefficient (Wildman–Crippen LogP) is 5.40. The van der Waals surface area contributed by atoms with Crippen molar-refractivity contribution in [3.63, 3.8) is 0 Å². The van der Waals surface area contributed by atoms with E-state index in [0.717, 1.165) is 28.7 Å². The van der Waals surface area contributed by atoms with Crippen LogP contribution in [0.4, 0.5) is 0 Å². The van der Waals surface area contributed by atoms with E-state index >= 15 is 0 Å². The van der Waals surface area contributed by atoms with Crippen LogP contribution in [0, 0.1) is 6.92 Å². The Morgan fingerprint density at radius 3 is 2.26 bits per heavy atom. The number of aryl methyl sites for hydroxylation is 1. The summed E-state index contributed by atoms with van der Waals surface area (Å²) in [5, 5.41) is 12.4. The van der Waals surface area contributed by atoms with E-state index in [2.05, 4.69) is 61.4 Å². The number of thioether (sulfide) groups is 1. The van der Waals surface area contributed by atoms with Crippen LogP contribution in [0.5, 0.6) is 0 Å². The molecule has 198 valence electrons. The fraction of sp³-hybridized carbons (Fsp3) is 0.355. The first-order chi connectivity index (χ1) is 17.6. The Morgan fingerprint density at radius 1 is 0.974 bits per heavy atom. The number of aliphatic carboxylic acids is 1. The van der Waals surface area contributed by atoms with Crippen molar-refractivity contribution < 1.29 is 14.7 Å². The normalized spacial score (nSPS) is 12.1. The molecule has 0 spiro atoms. The Labute approximate surface area is 243 Å². The van der Waals surface area contributed by atoms with Gasteiger partial charge in [-0.2, -0.15) is 11.8 Å². The number of carboxylic acid groups (broad SMARTS) is 1. The van der Waals surface area contributed by atoms with Crippen LogP contribution in [0.1, 0.15) is 47.3 Å². The van der Waals surface area contributed by atoms with E-state index in [1.807, 2.05) is 55.6 Å². The summed E-state index contributed by atoms with van der Waals surface area (Å²) in [6, 6.07) is 23.4. The second kappa shape index (κ2) is 14.6. The molecule has 1 atom stereocenters. The number of hydrogen-bond donors (Lipinski definition) is 2. The maximum atomic E-state index is 13.3. The van der Waals surface area contributed by atoms with Gasteiger partial charge in [-0.3, -0.25) is 9.69 Å². The van der Waals surface area contributed by atoms with Gasteiger partial charge in [0.15, 0.2) is 0 Å². The number of nitrogens with one attached hydrogen (secondary N) is 1. The van der Waals surface area contributed by atoms with E-state index in [4.69, 9.17) is 0 Å². The van der Waals surface area contributed by atoms with Crippen LogP contribution in [0.25, 0.3) is 11.1 Å². The molecule has 1 amide bonds. The molecule has 7 heteroatoms. The van der Waals surface area contributed by atoms with Gasteiger partial charge in [0.25, 0.3) is 5.91 Å². The van der Waals surface area contributed by atoms with Crippen LogP contribution in [0.2, 0.25) is 0 Å². The molecular weight excluding hydrogens is 487 g/mol. The molecule has 0 aliphatic carbocycles. The molecule has 3 aromatic rings. The number of amides is 1. The molecule has 0 fully saturated rings. The first-order valence-corrected chi connectivity index (χ1v) is 14.0. The topological polar surface area (TPSA) is 69.6 Å². The average Bonchev–Trinajstić information content (AvgIpc) is 2.86. The maximum absolute atomic E-state index is 13.3. The third kappa shape index (κ3) is 8.51. The Balaban J connectivity index is 0.00000507. The molecule has 0 saturated heterocycles. The molecule has 3 rings (SSSR count). The fourth-order valence-corrected chi connectivity index (χ4v) is 4.90. The van der Waals surface area contributed by atoms with E-state index in [0.29, 0.717) is 24.3 Å². The molecule has 0 saturated carbocycles. The average molecular weight is 527 g/mol. The van der Waals surface area contributed by atoms with Gasteiger partial charge in [0, 0.05) is 17.6 Å². The molecule has 0 heterocycles. The molecule has 0 aliphatic rings. The molecule has 0 aliphatic heterocycles. The van der Waals surface area contributed by atoms with Gasteiger partial charge in [-0.05, 0) is 92.6 Å². The third-order valence-corrected chi connectivity index (χ3v) is 7.55. The van der Waals surface area contributed by atoms with Gasteiger partial charge in [0.1, 0.15) is 6.04 Å². The van der Waals surface area contributed by atoms with Crippen molar-refractivity contribution in [3.05, 3.63) is 95.1 Å². The van der Waals surface area contributed by atoms with Crippen molar-refractivity contribution in [1.29, 1.82) is 0 Å². The van der Waals surface area contributed by atoms with Crippen molar-refractivity contribution in [2.75, 3.05) is 19.1 Å². The Morgan fingerprint density at radius 2 is 1.63 bits per heavy atom. The molecule has 0 bridgehead atoms. The Kier molecular flexibility index (Phi) is 12.2. The van der Waals surface area contributed by atoms with E-state index < -0.39 is 12.0 Å². The summed E-state index contributed by atoms with van der Waals surface area (Å²) in [6.45, 7) is 7.22. The van der Waals surface area contributed by atoms with E-state index in [9.17, 15) is 14.7 Å². The Hall–Kier alpha value is -2.49. The first-order valence-electron chi connectivity index (χ1n) is 12.6. The van der Waals surface area contributed by atoms with Crippen LogP contribution in [-0.2, 0) is 17.8 Å². The molecule has 0 radical (unpaired) electrons. The van der Waals surface area contributed by atoms with Gasteiger partial charge in [0.2, 0.25) is 0 Å². The molecule has 1 unspecified atom stereocenters. The zero-order chi connectivity index (χ0) is 27.0. The second-order valence-corrected chi connectivity index (χ2v) is 11.2. The number of nitrogens with zero attached hydrogens (tertiary/aromatic N) is 1. The summed E-state index contributed by atoms with van der Waals surface area (Å²) in [5.41, 5.74) is 5.64. The molecule has 5 nitrogen and oxygen atoms in total. The second-order valence-electron chi connectivity index (χ2n) is 10.2. The zero-order valence-electron chi connectivity index (χ0n) is 22.5. The first kappa shape index (κ1) is 31.7. The minimum atomic E-state index is -1.02. The number of carboxylic acids is 1. The fourth-order valence-electron chi connectivity index (χ4n) is 4.43. The van der Waals surface area contributed by atoms with Gasteiger partial charge in [-0.15, -0.1) is 0 Å². The number of hydrogen-bond acceptors (Lipinski definition) is 4. The number of rotatable bonds is 12. The quantitative estimate of drug-likeness (QED) is 0.309. The Bertz CT molecular complexity index is 1220. The monoisotopic (exact) mass is 526 g/mol.